The monoisotopic (exact) mass is 298 g/mol. The first kappa shape index (κ1) is 15.1. The van der Waals surface area contributed by atoms with Crippen LogP contribution in [0.5, 0.6) is 5.75 Å². The quantitative estimate of drug-likeness (QED) is 0.908. The molecule has 20 heavy (non-hydrogen) atoms. The van der Waals surface area contributed by atoms with Gasteiger partial charge in [0.25, 0.3) is 0 Å². The second-order valence-electron chi connectivity index (χ2n) is 5.35. The van der Waals surface area contributed by atoms with E-state index < -0.39 is 9.84 Å². The Kier molecular flexibility index (Phi) is 4.25. The van der Waals surface area contributed by atoms with Gasteiger partial charge in [0.2, 0.25) is 0 Å². The van der Waals surface area contributed by atoms with Crippen molar-refractivity contribution in [2.45, 2.75) is 25.4 Å². The van der Waals surface area contributed by atoms with Crippen LogP contribution in [0.15, 0.2) is 18.2 Å². The first-order valence-corrected chi connectivity index (χ1v) is 8.53. The fourth-order valence-corrected chi connectivity index (χ4v) is 4.53. The molecule has 1 aromatic rings. The van der Waals surface area contributed by atoms with E-state index in [-0.39, 0.29) is 23.6 Å². The number of sulfone groups is 1. The molecule has 0 aliphatic carbocycles. The molecule has 0 spiro atoms. The number of hydrogen-bond acceptors (Lipinski definition) is 5. The molecule has 2 atom stereocenters. The highest BCUT2D eigenvalue weighted by Gasteiger charge is 2.32. The maximum absolute atomic E-state index is 11.6. The molecule has 0 amide bonds. The Morgan fingerprint density at radius 1 is 1.45 bits per heavy atom. The molecule has 1 aromatic carbocycles. The summed E-state index contributed by atoms with van der Waals surface area (Å²) in [6.45, 7) is 1.90. The van der Waals surface area contributed by atoms with Gasteiger partial charge in [0.1, 0.15) is 5.75 Å². The molecule has 1 aliphatic heterocycles. The topological polar surface area (TPSA) is 72.6 Å². The van der Waals surface area contributed by atoms with Gasteiger partial charge in [-0.1, -0.05) is 6.07 Å². The second-order valence-corrected chi connectivity index (χ2v) is 7.58. The normalized spacial score (nSPS) is 22.5. The van der Waals surface area contributed by atoms with Gasteiger partial charge < -0.3 is 15.4 Å². The van der Waals surface area contributed by atoms with Crippen molar-refractivity contribution in [3.63, 3.8) is 0 Å². The van der Waals surface area contributed by atoms with Crippen molar-refractivity contribution in [1.82, 2.24) is 0 Å². The SMILES string of the molecule is COc1cccc(N(C)C2CCS(=O)(=O)C2)c1C(C)N. The lowest BCUT2D eigenvalue weighted by molar-refractivity contribution is 0.407. The van der Waals surface area contributed by atoms with Crippen molar-refractivity contribution in [3.05, 3.63) is 23.8 Å². The Bertz CT molecular complexity index is 584. The van der Waals surface area contributed by atoms with Crippen molar-refractivity contribution in [2.75, 3.05) is 30.6 Å². The fraction of sp³-hybridized carbons (Fsp3) is 0.571. The van der Waals surface area contributed by atoms with Crippen molar-refractivity contribution in [3.8, 4) is 5.75 Å². The standard InChI is InChI=1S/C14H22N2O3S/c1-10(15)14-12(5-4-6-13(14)19-3)16(2)11-7-8-20(17,18)9-11/h4-6,10-11H,7-9,15H2,1-3H3. The average molecular weight is 298 g/mol. The van der Waals surface area contributed by atoms with Gasteiger partial charge in [0.05, 0.1) is 18.6 Å². The van der Waals surface area contributed by atoms with Crippen molar-refractivity contribution >= 4 is 15.5 Å². The molecular formula is C14H22N2O3S. The number of methoxy groups -OCH3 is 1. The Labute approximate surface area is 120 Å². The molecule has 6 heteroatoms. The molecular weight excluding hydrogens is 276 g/mol. The molecule has 0 aromatic heterocycles. The molecule has 1 saturated heterocycles. The molecule has 1 heterocycles. The number of nitrogens with two attached hydrogens (primary N) is 1. The zero-order valence-electron chi connectivity index (χ0n) is 12.2. The number of rotatable bonds is 4. The van der Waals surface area contributed by atoms with E-state index in [1.807, 2.05) is 37.1 Å². The minimum atomic E-state index is -2.90. The van der Waals surface area contributed by atoms with Crippen LogP contribution in [0.2, 0.25) is 0 Å². The lowest BCUT2D eigenvalue weighted by atomic mass is 10.0. The third-order valence-electron chi connectivity index (χ3n) is 3.85. The summed E-state index contributed by atoms with van der Waals surface area (Å²) in [5, 5.41) is 0. The number of nitrogens with zero attached hydrogens (tertiary/aromatic N) is 1. The van der Waals surface area contributed by atoms with Crippen LogP contribution in [0.1, 0.15) is 24.9 Å². The summed E-state index contributed by atoms with van der Waals surface area (Å²) < 4.78 is 28.7. The third kappa shape index (κ3) is 2.91. The van der Waals surface area contributed by atoms with E-state index in [1.165, 1.54) is 0 Å². The highest BCUT2D eigenvalue weighted by Crippen LogP contribution is 2.35. The number of anilines is 1. The molecule has 2 N–H and O–H groups in total. The zero-order chi connectivity index (χ0) is 14.9. The number of hydrogen-bond donors (Lipinski definition) is 1. The molecule has 0 bridgehead atoms. The van der Waals surface area contributed by atoms with Gasteiger partial charge in [-0.25, -0.2) is 8.42 Å². The summed E-state index contributed by atoms with van der Waals surface area (Å²) in [4.78, 5) is 2.02. The largest absolute Gasteiger partial charge is 0.496 e. The smallest absolute Gasteiger partial charge is 0.152 e. The van der Waals surface area contributed by atoms with Gasteiger partial charge >= 0.3 is 0 Å². The maximum atomic E-state index is 11.6. The van der Waals surface area contributed by atoms with Gasteiger partial charge in [-0.3, -0.25) is 0 Å². The molecule has 5 nitrogen and oxygen atoms in total. The van der Waals surface area contributed by atoms with Gasteiger partial charge in [-0.15, -0.1) is 0 Å². The van der Waals surface area contributed by atoms with E-state index in [2.05, 4.69) is 0 Å². The van der Waals surface area contributed by atoms with E-state index in [4.69, 9.17) is 10.5 Å². The maximum Gasteiger partial charge on any atom is 0.152 e. The summed E-state index contributed by atoms with van der Waals surface area (Å²) in [5.74, 6) is 1.21. The van der Waals surface area contributed by atoms with E-state index in [9.17, 15) is 8.42 Å². The van der Waals surface area contributed by atoms with Gasteiger partial charge in [-0.2, -0.15) is 0 Å². The fourth-order valence-electron chi connectivity index (χ4n) is 2.75. The van der Waals surface area contributed by atoms with Crippen LogP contribution < -0.4 is 15.4 Å². The van der Waals surface area contributed by atoms with Gasteiger partial charge in [0.15, 0.2) is 9.84 Å². The molecule has 1 fully saturated rings. The van der Waals surface area contributed by atoms with Crippen LogP contribution in [0, 0.1) is 0 Å². The van der Waals surface area contributed by atoms with Crippen LogP contribution in [-0.2, 0) is 9.84 Å². The molecule has 2 rings (SSSR count). The van der Waals surface area contributed by atoms with Crippen molar-refractivity contribution in [1.29, 1.82) is 0 Å². The van der Waals surface area contributed by atoms with Crippen LogP contribution in [0.3, 0.4) is 0 Å². The minimum absolute atomic E-state index is 0.00426. The van der Waals surface area contributed by atoms with E-state index in [1.54, 1.807) is 7.11 Å². The van der Waals surface area contributed by atoms with E-state index in [0.717, 1.165) is 17.0 Å². The predicted molar refractivity (Wildman–Crippen MR) is 81.1 cm³/mol. The summed E-state index contributed by atoms with van der Waals surface area (Å²) >= 11 is 0. The van der Waals surface area contributed by atoms with Gasteiger partial charge in [0, 0.05) is 30.4 Å². The molecule has 2 unspecified atom stereocenters. The van der Waals surface area contributed by atoms with Crippen molar-refractivity contribution in [2.24, 2.45) is 5.73 Å². The first-order chi connectivity index (χ1) is 9.35. The first-order valence-electron chi connectivity index (χ1n) is 6.71. The van der Waals surface area contributed by atoms with Crippen LogP contribution in [0.4, 0.5) is 5.69 Å². The summed E-state index contributed by atoms with van der Waals surface area (Å²) in [6, 6.07) is 5.57. The molecule has 0 radical (unpaired) electrons. The third-order valence-corrected chi connectivity index (χ3v) is 5.60. The Morgan fingerprint density at radius 2 is 2.15 bits per heavy atom. The van der Waals surface area contributed by atoms with Crippen LogP contribution >= 0.6 is 0 Å². The average Bonchev–Trinajstić information content (AvgIpc) is 2.77. The molecule has 0 saturated carbocycles. The summed E-state index contributed by atoms with van der Waals surface area (Å²) in [5.41, 5.74) is 7.92. The summed E-state index contributed by atoms with van der Waals surface area (Å²) in [6.07, 6.45) is 0.661. The number of ether oxygens (including phenoxy) is 1. The molecule has 1 aliphatic rings. The molecule has 112 valence electrons. The Morgan fingerprint density at radius 3 is 2.65 bits per heavy atom. The van der Waals surface area contributed by atoms with Crippen LogP contribution in [-0.4, -0.2) is 40.1 Å². The Balaban J connectivity index is 2.37. The minimum Gasteiger partial charge on any atom is -0.496 e. The second kappa shape index (κ2) is 5.61. The lowest BCUT2D eigenvalue weighted by Crippen LogP contribution is -2.33. The number of benzene rings is 1. The van der Waals surface area contributed by atoms with Crippen LogP contribution in [0.25, 0.3) is 0 Å². The highest BCUT2D eigenvalue weighted by atomic mass is 32.2. The Hall–Kier alpha value is -1.27. The lowest BCUT2D eigenvalue weighted by Gasteiger charge is -2.29. The van der Waals surface area contributed by atoms with E-state index in [0.29, 0.717) is 6.42 Å². The highest BCUT2D eigenvalue weighted by molar-refractivity contribution is 7.91. The van der Waals surface area contributed by atoms with Crippen molar-refractivity contribution < 1.29 is 13.2 Å². The van der Waals surface area contributed by atoms with Gasteiger partial charge in [-0.05, 0) is 25.5 Å². The van der Waals surface area contributed by atoms with E-state index >= 15 is 0 Å². The summed E-state index contributed by atoms with van der Waals surface area (Å²) in [7, 11) is 0.637. The zero-order valence-corrected chi connectivity index (χ0v) is 13.0. The predicted octanol–water partition coefficient (Wildman–Crippen LogP) is 1.34.